The number of aliphatic hydroxyl groups is 1. The summed E-state index contributed by atoms with van der Waals surface area (Å²) in [6.07, 6.45) is 16.8. The van der Waals surface area contributed by atoms with E-state index in [0.29, 0.717) is 41.2 Å². The van der Waals surface area contributed by atoms with Crippen molar-refractivity contribution >= 4 is 18.1 Å². The number of rotatable bonds is 13. The summed E-state index contributed by atoms with van der Waals surface area (Å²) < 4.78 is 0. The molecule has 0 bridgehead atoms. The number of carbonyl (C=O) groups is 2. The van der Waals surface area contributed by atoms with Gasteiger partial charge in [-0.25, -0.2) is 9.78 Å². The van der Waals surface area contributed by atoms with Gasteiger partial charge >= 0.3 is 6.03 Å². The van der Waals surface area contributed by atoms with Crippen molar-refractivity contribution in [2.75, 3.05) is 11.4 Å². The van der Waals surface area contributed by atoms with Crippen LogP contribution in [-0.4, -0.2) is 35.0 Å². The fourth-order valence-electron chi connectivity index (χ4n) is 5.17. The summed E-state index contributed by atoms with van der Waals surface area (Å²) >= 11 is 0. The number of aliphatic hydroxyl groups excluding tert-OH is 1. The minimum absolute atomic E-state index is 0.142. The number of fused-ring (bicyclic) bond motifs is 1. The molecule has 1 saturated carbocycles. The summed E-state index contributed by atoms with van der Waals surface area (Å²) in [5.41, 5.74) is 3.28. The van der Waals surface area contributed by atoms with Crippen LogP contribution in [0.15, 0.2) is 41.3 Å². The molecule has 8 heteroatoms. The molecule has 39 heavy (non-hydrogen) atoms. The van der Waals surface area contributed by atoms with E-state index in [2.05, 4.69) is 28.6 Å². The molecule has 0 spiro atoms. The lowest BCUT2D eigenvalue weighted by Crippen LogP contribution is -2.43. The Balaban J connectivity index is 1.83. The van der Waals surface area contributed by atoms with Crippen molar-refractivity contribution in [3.63, 3.8) is 0 Å². The van der Waals surface area contributed by atoms with Crippen LogP contribution in [0.3, 0.4) is 0 Å². The van der Waals surface area contributed by atoms with Crippen molar-refractivity contribution < 1.29 is 14.7 Å². The standard InChI is InChI=1S/C31H43N5O3/c1-4-6-12-25(19-32)28(34-27(9-5-2)15-14-23-10-7-11-23)17-22(3)33-31(39)36-16-8-13-24-18-26(20-37)29(21-38)35-30(24)36/h6,12,17-18,21,23,27,34,37H,4-5,7-11,13-16,20H2,1-3H3,(H,33,39)/b12-6+,22-17+,28-25-. The molecule has 8 nitrogen and oxygen atoms in total. The molecule has 1 aromatic rings. The summed E-state index contributed by atoms with van der Waals surface area (Å²) in [5, 5.41) is 26.1. The van der Waals surface area contributed by atoms with E-state index < -0.39 is 0 Å². The number of carbonyl (C=O) groups excluding carboxylic acids is 2. The molecule has 1 atom stereocenters. The van der Waals surface area contributed by atoms with Gasteiger partial charge in [0, 0.05) is 23.8 Å². The first-order valence-electron chi connectivity index (χ1n) is 14.4. The predicted molar refractivity (Wildman–Crippen MR) is 154 cm³/mol. The van der Waals surface area contributed by atoms with E-state index in [1.54, 1.807) is 11.0 Å². The molecule has 1 aromatic heterocycles. The zero-order valence-corrected chi connectivity index (χ0v) is 23.6. The Morgan fingerprint density at radius 2 is 2.10 bits per heavy atom. The molecule has 210 valence electrons. The maximum absolute atomic E-state index is 13.3. The smallest absolute Gasteiger partial charge is 0.327 e. The normalized spacial score (nSPS) is 17.1. The van der Waals surface area contributed by atoms with Gasteiger partial charge in [-0.15, -0.1) is 0 Å². The molecule has 3 N–H and O–H groups in total. The second kappa shape index (κ2) is 15.2. The van der Waals surface area contributed by atoms with Gasteiger partial charge in [0.15, 0.2) is 6.29 Å². The van der Waals surface area contributed by atoms with Gasteiger partial charge in [-0.1, -0.05) is 45.6 Å². The fraction of sp³-hybridized carbons (Fsp3) is 0.548. The average Bonchev–Trinajstić information content (AvgIpc) is 2.91. The van der Waals surface area contributed by atoms with E-state index in [1.807, 2.05) is 32.1 Å². The van der Waals surface area contributed by atoms with Crippen molar-refractivity contribution in [3.8, 4) is 6.07 Å². The first-order chi connectivity index (χ1) is 18.9. The number of nitriles is 1. The van der Waals surface area contributed by atoms with Gasteiger partial charge in [-0.2, -0.15) is 5.26 Å². The molecule has 1 aliphatic carbocycles. The largest absolute Gasteiger partial charge is 0.392 e. The highest BCUT2D eigenvalue weighted by molar-refractivity contribution is 5.93. The van der Waals surface area contributed by atoms with Gasteiger partial charge < -0.3 is 15.7 Å². The summed E-state index contributed by atoms with van der Waals surface area (Å²) in [7, 11) is 0. The molecule has 0 saturated heterocycles. The number of hydrogen-bond donors (Lipinski definition) is 3. The third-order valence-corrected chi connectivity index (χ3v) is 7.54. The van der Waals surface area contributed by atoms with Crippen molar-refractivity contribution in [1.82, 2.24) is 15.6 Å². The van der Waals surface area contributed by atoms with Gasteiger partial charge in [0.1, 0.15) is 17.6 Å². The number of pyridine rings is 1. The molecule has 1 aliphatic heterocycles. The highest BCUT2D eigenvalue weighted by Crippen LogP contribution is 2.31. The minimum Gasteiger partial charge on any atom is -0.392 e. The third kappa shape index (κ3) is 8.27. The number of nitrogens with zero attached hydrogens (tertiary/aromatic N) is 3. The summed E-state index contributed by atoms with van der Waals surface area (Å²) in [6, 6.07) is 4.00. The van der Waals surface area contributed by atoms with Gasteiger partial charge in [-0.3, -0.25) is 9.69 Å². The number of aryl methyl sites for hydroxylation is 1. The van der Waals surface area contributed by atoms with Crippen LogP contribution in [-0.2, 0) is 13.0 Å². The molecule has 1 unspecified atom stereocenters. The van der Waals surface area contributed by atoms with E-state index in [-0.39, 0.29) is 24.4 Å². The average molecular weight is 534 g/mol. The van der Waals surface area contributed by atoms with E-state index >= 15 is 0 Å². The molecular weight excluding hydrogens is 490 g/mol. The highest BCUT2D eigenvalue weighted by atomic mass is 16.3. The Labute approximate surface area is 232 Å². The number of amides is 2. The van der Waals surface area contributed by atoms with Crippen LogP contribution < -0.4 is 15.5 Å². The summed E-state index contributed by atoms with van der Waals surface area (Å²) in [6.45, 7) is 6.21. The highest BCUT2D eigenvalue weighted by Gasteiger charge is 2.26. The number of anilines is 1. The number of nitrogens with one attached hydrogen (secondary N) is 2. The third-order valence-electron chi connectivity index (χ3n) is 7.54. The molecule has 2 aliphatic rings. The second-order valence-corrected chi connectivity index (χ2v) is 10.6. The van der Waals surface area contributed by atoms with Crippen LogP contribution >= 0.6 is 0 Å². The lowest BCUT2D eigenvalue weighted by atomic mass is 9.81. The maximum atomic E-state index is 13.3. The van der Waals surface area contributed by atoms with Crippen molar-refractivity contribution in [1.29, 1.82) is 5.26 Å². The number of aldehydes is 1. The Hall–Kier alpha value is -3.44. The number of allylic oxidation sites excluding steroid dienone is 5. The van der Waals surface area contributed by atoms with Crippen LogP contribution in [0.5, 0.6) is 0 Å². The van der Waals surface area contributed by atoms with E-state index in [9.17, 15) is 20.0 Å². The molecule has 2 heterocycles. The molecule has 0 aromatic carbocycles. The van der Waals surface area contributed by atoms with Gasteiger partial charge in [0.05, 0.1) is 17.9 Å². The Morgan fingerprint density at radius 3 is 2.72 bits per heavy atom. The minimum atomic E-state index is -0.345. The summed E-state index contributed by atoms with van der Waals surface area (Å²) in [4.78, 5) is 30.8. The topological polar surface area (TPSA) is 118 Å². The van der Waals surface area contributed by atoms with Gasteiger partial charge in [0.2, 0.25) is 0 Å². The number of hydrogen-bond acceptors (Lipinski definition) is 6. The SMILES string of the molecule is CC/C=C/C(C#N)=C(\C=C(/C)NC(=O)N1CCCc2cc(CO)c(C=O)nc21)NC(CCC)CCC1CCC1. The fourth-order valence-corrected chi connectivity index (χ4v) is 5.17. The second-order valence-electron chi connectivity index (χ2n) is 10.6. The van der Waals surface area contributed by atoms with Crippen LogP contribution in [0.2, 0.25) is 0 Å². The number of aromatic nitrogens is 1. The molecule has 3 rings (SSSR count). The Morgan fingerprint density at radius 1 is 1.31 bits per heavy atom. The van der Waals surface area contributed by atoms with Crippen molar-refractivity contribution in [2.45, 2.75) is 97.6 Å². The van der Waals surface area contributed by atoms with Crippen LogP contribution in [0, 0.1) is 17.2 Å². The first-order valence-corrected chi connectivity index (χ1v) is 14.4. The Bertz CT molecular complexity index is 1140. The molecule has 0 radical (unpaired) electrons. The van der Waals surface area contributed by atoms with E-state index in [1.165, 1.54) is 25.7 Å². The molecule has 2 amide bonds. The van der Waals surface area contributed by atoms with E-state index in [0.717, 1.165) is 50.0 Å². The monoisotopic (exact) mass is 533 g/mol. The zero-order chi connectivity index (χ0) is 28.2. The zero-order valence-electron chi connectivity index (χ0n) is 23.6. The van der Waals surface area contributed by atoms with Crippen molar-refractivity contribution in [3.05, 3.63) is 58.1 Å². The maximum Gasteiger partial charge on any atom is 0.327 e. The van der Waals surface area contributed by atoms with E-state index in [4.69, 9.17) is 0 Å². The van der Waals surface area contributed by atoms with Crippen molar-refractivity contribution in [2.24, 2.45) is 5.92 Å². The summed E-state index contributed by atoms with van der Waals surface area (Å²) in [5.74, 6) is 1.27. The Kier molecular flexibility index (Phi) is 11.8. The lowest BCUT2D eigenvalue weighted by molar-refractivity contribution is 0.111. The first kappa shape index (κ1) is 30.1. The quantitative estimate of drug-likeness (QED) is 0.167. The molecular formula is C31H43N5O3. The van der Waals surface area contributed by atoms with Gasteiger partial charge in [0.25, 0.3) is 0 Å². The molecule has 1 fully saturated rings. The lowest BCUT2D eigenvalue weighted by Gasteiger charge is -2.29. The van der Waals surface area contributed by atoms with Crippen LogP contribution in [0.1, 0.15) is 100 Å². The predicted octanol–water partition coefficient (Wildman–Crippen LogP) is 5.83. The van der Waals surface area contributed by atoms with Crippen LogP contribution in [0.4, 0.5) is 10.6 Å². The van der Waals surface area contributed by atoms with Crippen LogP contribution in [0.25, 0.3) is 0 Å². The van der Waals surface area contributed by atoms with Gasteiger partial charge in [-0.05, 0) is 75.1 Å². The number of urea groups is 1.